The zero-order chi connectivity index (χ0) is 20.8. The fourth-order valence-corrected chi connectivity index (χ4v) is 2.70. The maximum atomic E-state index is 13.9. The quantitative estimate of drug-likeness (QED) is 0.789. The lowest BCUT2D eigenvalue weighted by atomic mass is 10.0. The van der Waals surface area contributed by atoms with E-state index in [-0.39, 0.29) is 23.9 Å². The molecule has 0 aromatic heterocycles. The maximum absolute atomic E-state index is 13.9. The van der Waals surface area contributed by atoms with Crippen LogP contribution in [0.15, 0.2) is 42.5 Å². The highest BCUT2D eigenvalue weighted by Crippen LogP contribution is 2.15. The van der Waals surface area contributed by atoms with Crippen LogP contribution in [0.2, 0.25) is 0 Å². The highest BCUT2D eigenvalue weighted by Gasteiger charge is 2.27. The average molecular weight is 390 g/mol. The van der Waals surface area contributed by atoms with Crippen LogP contribution in [-0.4, -0.2) is 36.9 Å². The number of ether oxygens (including phenoxy) is 1. The molecular weight excluding hydrogens is 366 g/mol. The Bertz CT molecular complexity index is 838. The molecule has 1 N–H and O–H groups in total. The minimum Gasteiger partial charge on any atom is -0.497 e. The van der Waals surface area contributed by atoms with Crippen molar-refractivity contribution >= 4 is 11.8 Å². The molecule has 0 saturated carbocycles. The molecule has 2 amide bonds. The van der Waals surface area contributed by atoms with Crippen molar-refractivity contribution in [3.63, 3.8) is 0 Å². The first-order valence-electron chi connectivity index (χ1n) is 8.86. The van der Waals surface area contributed by atoms with Crippen molar-refractivity contribution < 1.29 is 23.1 Å². The van der Waals surface area contributed by atoms with Crippen LogP contribution in [-0.2, 0) is 11.3 Å². The number of hydrogen-bond acceptors (Lipinski definition) is 3. The van der Waals surface area contributed by atoms with Gasteiger partial charge in [0.15, 0.2) is 0 Å². The molecule has 150 valence electrons. The van der Waals surface area contributed by atoms with Gasteiger partial charge >= 0.3 is 0 Å². The van der Waals surface area contributed by atoms with E-state index < -0.39 is 23.6 Å². The molecular formula is C21H24F2N2O3. The van der Waals surface area contributed by atoms with Gasteiger partial charge in [0.1, 0.15) is 23.4 Å². The summed E-state index contributed by atoms with van der Waals surface area (Å²) in [5, 5.41) is 2.74. The molecule has 0 spiro atoms. The Morgan fingerprint density at radius 2 is 1.75 bits per heavy atom. The maximum Gasteiger partial charge on any atom is 0.251 e. The second-order valence-electron chi connectivity index (χ2n) is 6.85. The molecule has 0 fully saturated rings. The van der Waals surface area contributed by atoms with Gasteiger partial charge in [-0.05, 0) is 36.2 Å². The highest BCUT2D eigenvalue weighted by molar-refractivity contribution is 5.97. The number of carbonyl (C=O) groups is 2. The van der Waals surface area contributed by atoms with Crippen LogP contribution >= 0.6 is 0 Å². The summed E-state index contributed by atoms with van der Waals surface area (Å²) in [7, 11) is 3.04. The molecule has 5 nitrogen and oxygen atoms in total. The van der Waals surface area contributed by atoms with Crippen molar-refractivity contribution in [1.29, 1.82) is 0 Å². The van der Waals surface area contributed by atoms with E-state index in [2.05, 4.69) is 5.32 Å². The Morgan fingerprint density at radius 1 is 1.11 bits per heavy atom. The first kappa shape index (κ1) is 21.3. The molecule has 0 radical (unpaired) electrons. The van der Waals surface area contributed by atoms with E-state index in [9.17, 15) is 18.4 Å². The molecule has 28 heavy (non-hydrogen) atoms. The number of hydrogen-bond donors (Lipinski definition) is 1. The minimum atomic E-state index is -0.789. The molecule has 1 atom stereocenters. The van der Waals surface area contributed by atoms with Gasteiger partial charge in [-0.2, -0.15) is 0 Å². The van der Waals surface area contributed by atoms with E-state index in [4.69, 9.17) is 4.74 Å². The van der Waals surface area contributed by atoms with E-state index >= 15 is 0 Å². The van der Waals surface area contributed by atoms with Crippen molar-refractivity contribution in [2.24, 2.45) is 5.92 Å². The van der Waals surface area contributed by atoms with Crippen LogP contribution in [0.4, 0.5) is 8.78 Å². The Hall–Kier alpha value is -2.96. The van der Waals surface area contributed by atoms with Gasteiger partial charge in [0, 0.05) is 30.8 Å². The monoisotopic (exact) mass is 390 g/mol. The van der Waals surface area contributed by atoms with E-state index in [1.165, 1.54) is 25.1 Å². The topological polar surface area (TPSA) is 58.6 Å². The van der Waals surface area contributed by atoms with Crippen molar-refractivity contribution in [1.82, 2.24) is 10.2 Å². The van der Waals surface area contributed by atoms with Crippen molar-refractivity contribution in [2.45, 2.75) is 26.4 Å². The first-order valence-corrected chi connectivity index (χ1v) is 8.86. The molecule has 0 saturated heterocycles. The molecule has 0 heterocycles. The molecule has 2 aromatic rings. The summed E-state index contributed by atoms with van der Waals surface area (Å²) in [6.07, 6.45) is 0. The van der Waals surface area contributed by atoms with Crippen LogP contribution in [0, 0.1) is 17.6 Å². The Morgan fingerprint density at radius 3 is 2.29 bits per heavy atom. The second kappa shape index (κ2) is 9.30. The minimum absolute atomic E-state index is 0.0351. The smallest absolute Gasteiger partial charge is 0.251 e. The first-order chi connectivity index (χ1) is 13.2. The number of halogens is 2. The number of nitrogens with one attached hydrogen (secondary N) is 1. The third-order valence-corrected chi connectivity index (χ3v) is 4.37. The van der Waals surface area contributed by atoms with Gasteiger partial charge in [-0.15, -0.1) is 0 Å². The lowest BCUT2D eigenvalue weighted by Crippen LogP contribution is -2.50. The van der Waals surface area contributed by atoms with Crippen LogP contribution in [0.3, 0.4) is 0 Å². The third kappa shape index (κ3) is 5.28. The summed E-state index contributed by atoms with van der Waals surface area (Å²) < 4.78 is 32.0. The predicted octanol–water partition coefficient (Wildman–Crippen LogP) is 3.39. The predicted molar refractivity (Wildman–Crippen MR) is 102 cm³/mol. The van der Waals surface area contributed by atoms with E-state index in [1.54, 1.807) is 24.3 Å². The molecule has 0 aliphatic carbocycles. The summed E-state index contributed by atoms with van der Waals surface area (Å²) in [6.45, 7) is 3.58. The van der Waals surface area contributed by atoms with Crippen molar-refractivity contribution in [2.75, 3.05) is 14.2 Å². The molecule has 0 aliphatic heterocycles. The standard InChI is InChI=1S/C21H24F2N2O3/c1-13(2)19(24-20(26)14-6-9-17(28-4)10-7-14)21(27)25(3)12-15-5-8-16(22)11-18(15)23/h5-11,13,19H,12H2,1-4H3,(H,24,26). The number of methoxy groups -OCH3 is 1. The van der Waals surface area contributed by atoms with Crippen molar-refractivity contribution in [3.05, 3.63) is 65.2 Å². The average Bonchev–Trinajstić information content (AvgIpc) is 2.67. The van der Waals surface area contributed by atoms with Gasteiger partial charge in [-0.1, -0.05) is 19.9 Å². The molecule has 2 rings (SSSR count). The summed E-state index contributed by atoms with van der Waals surface area (Å²) in [5.74, 6) is -1.72. The fraction of sp³-hybridized carbons (Fsp3) is 0.333. The largest absolute Gasteiger partial charge is 0.497 e. The summed E-state index contributed by atoms with van der Waals surface area (Å²) >= 11 is 0. The SMILES string of the molecule is COc1ccc(C(=O)NC(C(=O)N(C)Cc2ccc(F)cc2F)C(C)C)cc1. The summed E-state index contributed by atoms with van der Waals surface area (Å²) in [4.78, 5) is 26.7. The Kier molecular flexibility index (Phi) is 7.09. The lowest BCUT2D eigenvalue weighted by Gasteiger charge is -2.27. The molecule has 1 unspecified atom stereocenters. The number of benzene rings is 2. The number of carbonyl (C=O) groups excluding carboxylic acids is 2. The van der Waals surface area contributed by atoms with Gasteiger partial charge in [0.2, 0.25) is 5.91 Å². The Balaban J connectivity index is 2.10. The van der Waals surface area contributed by atoms with Gasteiger partial charge in [0.25, 0.3) is 5.91 Å². The second-order valence-corrected chi connectivity index (χ2v) is 6.85. The van der Waals surface area contributed by atoms with Crippen molar-refractivity contribution in [3.8, 4) is 5.75 Å². The molecule has 0 bridgehead atoms. The number of nitrogens with zero attached hydrogens (tertiary/aromatic N) is 1. The fourth-order valence-electron chi connectivity index (χ4n) is 2.70. The third-order valence-electron chi connectivity index (χ3n) is 4.37. The van der Waals surface area contributed by atoms with Crippen LogP contribution in [0.25, 0.3) is 0 Å². The number of rotatable bonds is 7. The Labute approximate surface area is 163 Å². The van der Waals surface area contributed by atoms with Gasteiger partial charge in [0.05, 0.1) is 7.11 Å². The summed E-state index contributed by atoms with van der Waals surface area (Å²) in [5.41, 5.74) is 0.590. The zero-order valence-electron chi connectivity index (χ0n) is 16.3. The van der Waals surface area contributed by atoms with Crippen LogP contribution < -0.4 is 10.1 Å². The van der Waals surface area contributed by atoms with Gasteiger partial charge in [-0.3, -0.25) is 9.59 Å². The van der Waals surface area contributed by atoms with Gasteiger partial charge < -0.3 is 15.0 Å². The summed E-state index contributed by atoms with van der Waals surface area (Å²) in [6, 6.07) is 8.95. The van der Waals surface area contributed by atoms with Crippen LogP contribution in [0.1, 0.15) is 29.8 Å². The molecule has 2 aromatic carbocycles. The van der Waals surface area contributed by atoms with E-state index in [0.717, 1.165) is 12.1 Å². The molecule has 7 heteroatoms. The van der Waals surface area contributed by atoms with Crippen LogP contribution in [0.5, 0.6) is 5.75 Å². The normalized spacial score (nSPS) is 11.8. The van der Waals surface area contributed by atoms with E-state index in [0.29, 0.717) is 11.3 Å². The zero-order valence-corrected chi connectivity index (χ0v) is 16.3. The lowest BCUT2D eigenvalue weighted by molar-refractivity contribution is -0.133. The number of likely N-dealkylation sites (N-methyl/N-ethyl adjacent to an activating group) is 1. The van der Waals surface area contributed by atoms with E-state index in [1.807, 2.05) is 13.8 Å². The molecule has 0 aliphatic rings. The van der Waals surface area contributed by atoms with Gasteiger partial charge in [-0.25, -0.2) is 8.78 Å². The number of amides is 2. The highest BCUT2D eigenvalue weighted by atomic mass is 19.1.